The molecular formula is C15H17Br2NO2S. The zero-order chi connectivity index (χ0) is 15.4. The Labute approximate surface area is 145 Å². The molecule has 1 N–H and O–H groups in total. The molecule has 2 aromatic rings. The Balaban J connectivity index is 2.53. The number of hydrogen-bond donors (Lipinski definition) is 1. The molecule has 114 valence electrons. The first kappa shape index (κ1) is 16.8. The summed E-state index contributed by atoms with van der Waals surface area (Å²) in [5.74, 6) is 1.63. The topological polar surface area (TPSA) is 30.5 Å². The molecular weight excluding hydrogens is 418 g/mol. The molecule has 6 heteroatoms. The number of methoxy groups -OCH3 is 2. The number of ether oxygens (including phenoxy) is 2. The Kier molecular flexibility index (Phi) is 6.10. The SMILES string of the molecule is CCNC(c1ccc(Br)s1)c1cc(OC)c(Br)cc1OC. The Morgan fingerprint density at radius 1 is 1.14 bits per heavy atom. The highest BCUT2D eigenvalue weighted by molar-refractivity contribution is 9.11. The fourth-order valence-corrected chi connectivity index (χ4v) is 4.16. The van der Waals surface area contributed by atoms with Gasteiger partial charge >= 0.3 is 0 Å². The molecule has 3 nitrogen and oxygen atoms in total. The normalized spacial score (nSPS) is 12.2. The van der Waals surface area contributed by atoms with Gasteiger partial charge < -0.3 is 14.8 Å². The van der Waals surface area contributed by atoms with E-state index in [-0.39, 0.29) is 6.04 Å². The maximum atomic E-state index is 5.55. The number of hydrogen-bond acceptors (Lipinski definition) is 4. The van der Waals surface area contributed by atoms with E-state index < -0.39 is 0 Å². The first-order valence-corrected chi connectivity index (χ1v) is 8.91. The Morgan fingerprint density at radius 2 is 1.86 bits per heavy atom. The molecule has 0 amide bonds. The van der Waals surface area contributed by atoms with E-state index in [9.17, 15) is 0 Å². The first-order chi connectivity index (χ1) is 10.1. The second-order valence-corrected chi connectivity index (χ2v) is 7.71. The van der Waals surface area contributed by atoms with E-state index in [1.807, 2.05) is 12.1 Å². The van der Waals surface area contributed by atoms with Gasteiger partial charge in [0.25, 0.3) is 0 Å². The molecule has 1 unspecified atom stereocenters. The van der Waals surface area contributed by atoms with Crippen LogP contribution in [-0.2, 0) is 0 Å². The van der Waals surface area contributed by atoms with E-state index >= 15 is 0 Å². The monoisotopic (exact) mass is 433 g/mol. The lowest BCUT2D eigenvalue weighted by Gasteiger charge is -2.21. The third-order valence-electron chi connectivity index (χ3n) is 3.10. The molecule has 0 aliphatic rings. The zero-order valence-electron chi connectivity index (χ0n) is 12.1. The molecule has 0 saturated carbocycles. The van der Waals surface area contributed by atoms with E-state index in [2.05, 4.69) is 56.2 Å². The van der Waals surface area contributed by atoms with Gasteiger partial charge in [-0.15, -0.1) is 11.3 Å². The lowest BCUT2D eigenvalue weighted by molar-refractivity contribution is 0.392. The molecule has 0 radical (unpaired) electrons. The van der Waals surface area contributed by atoms with Crippen molar-refractivity contribution in [2.24, 2.45) is 0 Å². The van der Waals surface area contributed by atoms with E-state index in [0.717, 1.165) is 31.9 Å². The Morgan fingerprint density at radius 3 is 2.38 bits per heavy atom. The maximum absolute atomic E-state index is 5.55. The highest BCUT2D eigenvalue weighted by Crippen LogP contribution is 2.40. The van der Waals surface area contributed by atoms with Gasteiger partial charge in [-0.1, -0.05) is 6.92 Å². The van der Waals surface area contributed by atoms with Crippen LogP contribution >= 0.6 is 43.2 Å². The van der Waals surface area contributed by atoms with Crippen molar-refractivity contribution >= 4 is 43.2 Å². The van der Waals surface area contributed by atoms with Gasteiger partial charge in [0.05, 0.1) is 28.5 Å². The summed E-state index contributed by atoms with van der Waals surface area (Å²) in [5.41, 5.74) is 1.06. The number of thiophene rings is 1. The molecule has 0 aliphatic heterocycles. The van der Waals surface area contributed by atoms with Crippen LogP contribution in [-0.4, -0.2) is 20.8 Å². The van der Waals surface area contributed by atoms with Crippen molar-refractivity contribution < 1.29 is 9.47 Å². The van der Waals surface area contributed by atoms with Gasteiger partial charge in [-0.25, -0.2) is 0 Å². The summed E-state index contributed by atoms with van der Waals surface area (Å²) in [5, 5.41) is 3.51. The number of benzene rings is 1. The van der Waals surface area contributed by atoms with Crippen molar-refractivity contribution in [3.8, 4) is 11.5 Å². The van der Waals surface area contributed by atoms with E-state index in [1.54, 1.807) is 25.6 Å². The molecule has 1 heterocycles. The fourth-order valence-electron chi connectivity index (χ4n) is 2.16. The summed E-state index contributed by atoms with van der Waals surface area (Å²) in [4.78, 5) is 1.23. The van der Waals surface area contributed by atoms with E-state index in [1.165, 1.54) is 4.88 Å². The minimum absolute atomic E-state index is 0.0725. The van der Waals surface area contributed by atoms with Gasteiger partial charge in [0.15, 0.2) is 0 Å². The lowest BCUT2D eigenvalue weighted by Crippen LogP contribution is -2.21. The van der Waals surface area contributed by atoms with Gasteiger partial charge in [-0.3, -0.25) is 0 Å². The molecule has 1 aromatic carbocycles. The average molecular weight is 435 g/mol. The van der Waals surface area contributed by atoms with Gasteiger partial charge in [0, 0.05) is 10.4 Å². The van der Waals surface area contributed by atoms with Crippen LogP contribution in [0.5, 0.6) is 11.5 Å². The van der Waals surface area contributed by atoms with Crippen LogP contribution in [0.4, 0.5) is 0 Å². The maximum Gasteiger partial charge on any atom is 0.133 e. The molecule has 2 rings (SSSR count). The zero-order valence-corrected chi connectivity index (χ0v) is 16.1. The molecule has 0 saturated heterocycles. The Hall–Kier alpha value is -0.560. The summed E-state index contributed by atoms with van der Waals surface area (Å²) < 4.78 is 13.0. The fraction of sp³-hybridized carbons (Fsp3) is 0.333. The summed E-state index contributed by atoms with van der Waals surface area (Å²) in [6.07, 6.45) is 0. The van der Waals surface area contributed by atoms with E-state index in [4.69, 9.17) is 9.47 Å². The van der Waals surface area contributed by atoms with Gasteiger partial charge in [-0.2, -0.15) is 0 Å². The van der Waals surface area contributed by atoms with Crippen molar-refractivity contribution in [1.29, 1.82) is 0 Å². The van der Waals surface area contributed by atoms with Crippen molar-refractivity contribution in [3.05, 3.63) is 43.0 Å². The molecule has 0 aliphatic carbocycles. The summed E-state index contributed by atoms with van der Waals surface area (Å²) in [7, 11) is 3.35. The second-order valence-electron chi connectivity index (χ2n) is 4.36. The van der Waals surface area contributed by atoms with Crippen LogP contribution in [0.2, 0.25) is 0 Å². The molecule has 1 aromatic heterocycles. The predicted molar refractivity (Wildman–Crippen MR) is 94.8 cm³/mol. The standard InChI is InChI=1S/C15H17Br2NO2S/c1-4-18-15(13-5-6-14(17)21-13)9-7-12(20-3)10(16)8-11(9)19-2/h5-8,15,18H,4H2,1-3H3. The van der Waals surface area contributed by atoms with Crippen molar-refractivity contribution in [2.75, 3.05) is 20.8 Å². The molecule has 21 heavy (non-hydrogen) atoms. The second kappa shape index (κ2) is 7.63. The minimum atomic E-state index is 0.0725. The van der Waals surface area contributed by atoms with Crippen molar-refractivity contribution in [2.45, 2.75) is 13.0 Å². The number of halogens is 2. The Bertz CT molecular complexity index is 616. The van der Waals surface area contributed by atoms with Crippen LogP contribution in [0.25, 0.3) is 0 Å². The first-order valence-electron chi connectivity index (χ1n) is 6.50. The summed E-state index contributed by atoms with van der Waals surface area (Å²) >= 11 is 8.74. The largest absolute Gasteiger partial charge is 0.496 e. The van der Waals surface area contributed by atoms with Crippen LogP contribution in [0.15, 0.2) is 32.5 Å². The number of rotatable bonds is 6. The average Bonchev–Trinajstić information content (AvgIpc) is 2.91. The van der Waals surface area contributed by atoms with Gasteiger partial charge in [0.2, 0.25) is 0 Å². The third kappa shape index (κ3) is 3.80. The third-order valence-corrected chi connectivity index (χ3v) is 5.41. The van der Waals surface area contributed by atoms with Gasteiger partial charge in [0.1, 0.15) is 11.5 Å². The van der Waals surface area contributed by atoms with E-state index in [0.29, 0.717) is 0 Å². The van der Waals surface area contributed by atoms with Crippen LogP contribution in [0, 0.1) is 0 Å². The molecule has 1 atom stereocenters. The van der Waals surface area contributed by atoms with Crippen LogP contribution < -0.4 is 14.8 Å². The quantitative estimate of drug-likeness (QED) is 0.694. The smallest absolute Gasteiger partial charge is 0.133 e. The number of nitrogens with one attached hydrogen (secondary N) is 1. The highest BCUT2D eigenvalue weighted by Gasteiger charge is 2.21. The van der Waals surface area contributed by atoms with Crippen LogP contribution in [0.3, 0.4) is 0 Å². The minimum Gasteiger partial charge on any atom is -0.496 e. The summed E-state index contributed by atoms with van der Waals surface area (Å²) in [6.45, 7) is 2.96. The molecule has 0 spiro atoms. The van der Waals surface area contributed by atoms with Gasteiger partial charge in [-0.05, 0) is 62.7 Å². The van der Waals surface area contributed by atoms with Crippen molar-refractivity contribution in [1.82, 2.24) is 5.32 Å². The molecule has 0 fully saturated rings. The predicted octanol–water partition coefficient (Wildman–Crippen LogP) is 4.99. The lowest BCUT2D eigenvalue weighted by atomic mass is 10.0. The van der Waals surface area contributed by atoms with Crippen molar-refractivity contribution in [3.63, 3.8) is 0 Å². The molecule has 0 bridgehead atoms. The summed E-state index contributed by atoms with van der Waals surface area (Å²) in [6, 6.07) is 8.22. The van der Waals surface area contributed by atoms with Crippen LogP contribution in [0.1, 0.15) is 23.4 Å². The highest BCUT2D eigenvalue weighted by atomic mass is 79.9.